The third-order valence-electron chi connectivity index (χ3n) is 5.09. The fourth-order valence-electron chi connectivity index (χ4n) is 3.35. The van der Waals surface area contributed by atoms with E-state index in [1.54, 1.807) is 6.07 Å². The Hall–Kier alpha value is -2.11. The van der Waals surface area contributed by atoms with E-state index in [4.69, 9.17) is 16.3 Å². The Bertz CT molecular complexity index is 790. The van der Waals surface area contributed by atoms with Crippen LogP contribution in [0.5, 0.6) is 5.75 Å². The van der Waals surface area contributed by atoms with Crippen LogP contribution in [0.1, 0.15) is 24.0 Å². The van der Waals surface area contributed by atoms with Gasteiger partial charge in [0.25, 0.3) is 0 Å². The number of piperidine rings is 1. The number of carbonyl (C=O) groups is 1. The first-order valence-electron chi connectivity index (χ1n) is 9.65. The predicted octanol–water partition coefficient (Wildman–Crippen LogP) is 4.19. The minimum atomic E-state index is -0.214. The highest BCUT2D eigenvalue weighted by Crippen LogP contribution is 2.22. The largest absolute Gasteiger partial charge is 0.492 e. The van der Waals surface area contributed by atoms with E-state index in [1.807, 2.05) is 31.2 Å². The number of halogens is 2. The number of aryl methyl sites for hydroxylation is 1. The molecule has 4 nitrogen and oxygen atoms in total. The molecule has 2 aromatic rings. The lowest BCUT2D eigenvalue weighted by Crippen LogP contribution is -2.41. The molecule has 1 N–H and O–H groups in total. The predicted molar refractivity (Wildman–Crippen MR) is 109 cm³/mol. The van der Waals surface area contributed by atoms with Gasteiger partial charge in [-0.2, -0.15) is 0 Å². The molecule has 2 aromatic carbocycles. The number of likely N-dealkylation sites (tertiary alicyclic amines) is 1. The summed E-state index contributed by atoms with van der Waals surface area (Å²) in [4.78, 5) is 14.7. The van der Waals surface area contributed by atoms with Crippen LogP contribution in [0, 0.1) is 18.7 Å². The second-order valence-electron chi connectivity index (χ2n) is 7.23. The van der Waals surface area contributed by atoms with E-state index in [9.17, 15) is 9.18 Å². The Kier molecular flexibility index (Phi) is 7.29. The second kappa shape index (κ2) is 9.89. The van der Waals surface area contributed by atoms with Crippen molar-refractivity contribution in [2.45, 2.75) is 26.3 Å². The Labute approximate surface area is 170 Å². The van der Waals surface area contributed by atoms with Gasteiger partial charge in [-0.05, 0) is 68.2 Å². The van der Waals surface area contributed by atoms with E-state index >= 15 is 0 Å². The number of nitrogens with zero attached hydrogens (tertiary/aromatic N) is 1. The van der Waals surface area contributed by atoms with E-state index in [0.717, 1.165) is 43.6 Å². The molecule has 0 saturated carbocycles. The van der Waals surface area contributed by atoms with Gasteiger partial charge in [-0.1, -0.05) is 29.8 Å². The van der Waals surface area contributed by atoms with Crippen molar-refractivity contribution < 1.29 is 13.9 Å². The van der Waals surface area contributed by atoms with E-state index in [2.05, 4.69) is 10.2 Å². The summed E-state index contributed by atoms with van der Waals surface area (Å²) in [5.41, 5.74) is 2.10. The lowest BCUT2D eigenvalue weighted by atomic mass is 9.95. The molecule has 6 heteroatoms. The maximum Gasteiger partial charge on any atom is 0.223 e. The van der Waals surface area contributed by atoms with Crippen LogP contribution in [0.25, 0.3) is 0 Å². The van der Waals surface area contributed by atoms with Crippen LogP contribution in [0.15, 0.2) is 42.5 Å². The van der Waals surface area contributed by atoms with E-state index in [1.165, 1.54) is 12.1 Å². The zero-order chi connectivity index (χ0) is 19.9. The molecule has 0 bridgehead atoms. The number of hydrogen-bond donors (Lipinski definition) is 1. The second-order valence-corrected chi connectivity index (χ2v) is 7.63. The molecular formula is C22H26ClFN2O2. The maximum atomic E-state index is 13.0. The average molecular weight is 405 g/mol. The van der Waals surface area contributed by atoms with Gasteiger partial charge in [0.1, 0.15) is 18.2 Å². The van der Waals surface area contributed by atoms with Gasteiger partial charge in [-0.15, -0.1) is 0 Å². The fraction of sp³-hybridized carbons (Fsp3) is 0.409. The molecule has 1 heterocycles. The Morgan fingerprint density at radius 2 is 1.93 bits per heavy atom. The van der Waals surface area contributed by atoms with Crippen LogP contribution in [-0.2, 0) is 11.3 Å². The molecule has 0 aromatic heterocycles. The normalized spacial score (nSPS) is 15.4. The highest BCUT2D eigenvalue weighted by atomic mass is 35.5. The zero-order valence-electron chi connectivity index (χ0n) is 16.1. The van der Waals surface area contributed by atoms with Crippen molar-refractivity contribution in [3.05, 3.63) is 64.4 Å². The fourth-order valence-corrected chi connectivity index (χ4v) is 3.52. The molecule has 1 aliphatic heterocycles. The van der Waals surface area contributed by atoms with Crippen molar-refractivity contribution in [3.63, 3.8) is 0 Å². The minimum Gasteiger partial charge on any atom is -0.492 e. The van der Waals surface area contributed by atoms with Crippen molar-refractivity contribution in [3.8, 4) is 5.75 Å². The van der Waals surface area contributed by atoms with E-state index in [0.29, 0.717) is 23.9 Å². The Balaban J connectivity index is 1.34. The average Bonchev–Trinajstić information content (AvgIpc) is 2.70. The van der Waals surface area contributed by atoms with Gasteiger partial charge in [0.15, 0.2) is 0 Å². The van der Waals surface area contributed by atoms with Gasteiger partial charge < -0.3 is 10.1 Å². The summed E-state index contributed by atoms with van der Waals surface area (Å²) >= 11 is 6.08. The van der Waals surface area contributed by atoms with Crippen molar-refractivity contribution >= 4 is 17.5 Å². The number of amides is 1. The lowest BCUT2D eigenvalue weighted by molar-refractivity contribution is -0.126. The molecule has 0 radical (unpaired) electrons. The van der Waals surface area contributed by atoms with Crippen molar-refractivity contribution in [2.75, 3.05) is 26.2 Å². The van der Waals surface area contributed by atoms with Crippen LogP contribution in [-0.4, -0.2) is 37.0 Å². The third kappa shape index (κ3) is 5.94. The first kappa shape index (κ1) is 20.6. The number of hydrogen-bond acceptors (Lipinski definition) is 3. The number of rotatable bonds is 7. The summed E-state index contributed by atoms with van der Waals surface area (Å²) in [7, 11) is 0. The topological polar surface area (TPSA) is 41.6 Å². The highest BCUT2D eigenvalue weighted by molar-refractivity contribution is 6.31. The SMILES string of the molecule is Cc1ccc(OCCNC(=O)C2CCN(Cc3ccc(F)cc3)CC2)cc1Cl. The van der Waals surface area contributed by atoms with Gasteiger partial charge in [-0.25, -0.2) is 4.39 Å². The summed E-state index contributed by atoms with van der Waals surface area (Å²) in [6.07, 6.45) is 1.67. The Morgan fingerprint density at radius 1 is 1.21 bits per heavy atom. The van der Waals surface area contributed by atoms with Crippen LogP contribution in [0.4, 0.5) is 4.39 Å². The summed E-state index contributed by atoms with van der Waals surface area (Å²) in [6.45, 7) is 5.36. The molecule has 0 aliphatic carbocycles. The Morgan fingerprint density at radius 3 is 2.61 bits per heavy atom. The van der Waals surface area contributed by atoms with Crippen LogP contribution in [0.3, 0.4) is 0 Å². The molecule has 3 rings (SSSR count). The quantitative estimate of drug-likeness (QED) is 0.703. The van der Waals surface area contributed by atoms with Gasteiger partial charge in [0.05, 0.1) is 6.54 Å². The van der Waals surface area contributed by atoms with E-state index < -0.39 is 0 Å². The number of ether oxygens (including phenoxy) is 1. The van der Waals surface area contributed by atoms with Gasteiger partial charge in [-0.3, -0.25) is 9.69 Å². The third-order valence-corrected chi connectivity index (χ3v) is 5.50. The molecule has 1 amide bonds. The molecule has 1 saturated heterocycles. The van der Waals surface area contributed by atoms with Crippen LogP contribution in [0.2, 0.25) is 5.02 Å². The van der Waals surface area contributed by atoms with Crippen LogP contribution >= 0.6 is 11.6 Å². The first-order valence-corrected chi connectivity index (χ1v) is 10.0. The summed E-state index contributed by atoms with van der Waals surface area (Å²) in [5.74, 6) is 0.623. The van der Waals surface area contributed by atoms with Crippen molar-refractivity contribution in [2.24, 2.45) is 5.92 Å². The molecule has 1 fully saturated rings. The maximum absolute atomic E-state index is 13.0. The highest BCUT2D eigenvalue weighted by Gasteiger charge is 2.24. The van der Waals surface area contributed by atoms with Gasteiger partial charge in [0.2, 0.25) is 5.91 Å². The lowest BCUT2D eigenvalue weighted by Gasteiger charge is -2.31. The molecule has 0 spiro atoms. The molecular weight excluding hydrogens is 379 g/mol. The first-order chi connectivity index (χ1) is 13.5. The number of nitrogens with one attached hydrogen (secondary N) is 1. The number of benzene rings is 2. The summed E-state index contributed by atoms with van der Waals surface area (Å²) in [6, 6.07) is 12.2. The zero-order valence-corrected chi connectivity index (χ0v) is 16.8. The summed E-state index contributed by atoms with van der Waals surface area (Å²) in [5, 5.41) is 3.64. The summed E-state index contributed by atoms with van der Waals surface area (Å²) < 4.78 is 18.6. The molecule has 0 unspecified atom stereocenters. The minimum absolute atomic E-state index is 0.0401. The number of carbonyl (C=O) groups excluding carboxylic acids is 1. The van der Waals surface area contributed by atoms with Gasteiger partial charge in [0, 0.05) is 17.5 Å². The monoisotopic (exact) mass is 404 g/mol. The molecule has 0 atom stereocenters. The van der Waals surface area contributed by atoms with Crippen molar-refractivity contribution in [1.29, 1.82) is 0 Å². The molecule has 150 valence electrons. The standard InChI is InChI=1S/C22H26ClFN2O2/c1-16-2-7-20(14-21(16)23)28-13-10-25-22(27)18-8-11-26(12-9-18)15-17-3-5-19(24)6-4-17/h2-7,14,18H,8-13,15H2,1H3,(H,25,27). The van der Waals surface area contributed by atoms with Gasteiger partial charge >= 0.3 is 0 Å². The smallest absolute Gasteiger partial charge is 0.223 e. The molecule has 1 aliphatic rings. The van der Waals surface area contributed by atoms with Crippen molar-refractivity contribution in [1.82, 2.24) is 10.2 Å². The molecule has 28 heavy (non-hydrogen) atoms. The van der Waals surface area contributed by atoms with E-state index in [-0.39, 0.29) is 17.6 Å². The van der Waals surface area contributed by atoms with Crippen LogP contribution < -0.4 is 10.1 Å².